The molecule has 4 heterocycles. The first-order valence-corrected chi connectivity index (χ1v) is 12.5. The van der Waals surface area contributed by atoms with Crippen LogP contribution in [0, 0.1) is 23.0 Å². The van der Waals surface area contributed by atoms with Crippen LogP contribution < -0.4 is 10.6 Å². The molecule has 0 radical (unpaired) electrons. The number of benzene rings is 2. The molecule has 10 nitrogen and oxygen atoms in total. The van der Waals surface area contributed by atoms with Gasteiger partial charge in [0.2, 0.25) is 0 Å². The van der Waals surface area contributed by atoms with E-state index in [0.717, 1.165) is 6.42 Å². The van der Waals surface area contributed by atoms with Gasteiger partial charge in [-0.25, -0.2) is 23.4 Å². The van der Waals surface area contributed by atoms with Crippen molar-refractivity contribution in [1.82, 2.24) is 29.4 Å². The molecule has 12 heteroatoms. The van der Waals surface area contributed by atoms with E-state index in [1.165, 1.54) is 22.9 Å². The van der Waals surface area contributed by atoms with Gasteiger partial charge in [-0.3, -0.25) is 4.40 Å². The number of anilines is 1. The molecule has 2 aromatic carbocycles. The SMILES string of the molecule is CC(C)(O)Cn1nnc2cc(-c3c(-c4ccc(C#N)c(F)c4)nc4c(N5CC[C@@H](N)C5)nccn34)c(F)cc21. The maximum Gasteiger partial charge on any atom is 0.181 e. The van der Waals surface area contributed by atoms with Crippen LogP contribution in [0.1, 0.15) is 25.8 Å². The average molecular weight is 530 g/mol. The Morgan fingerprint density at radius 2 is 2.03 bits per heavy atom. The number of rotatable bonds is 5. The molecule has 0 saturated carbocycles. The second-order valence-electron chi connectivity index (χ2n) is 10.4. The van der Waals surface area contributed by atoms with E-state index in [4.69, 9.17) is 10.7 Å². The van der Waals surface area contributed by atoms with Crippen LogP contribution >= 0.6 is 0 Å². The quantitative estimate of drug-likeness (QED) is 0.354. The lowest BCUT2D eigenvalue weighted by molar-refractivity contribution is 0.0585. The predicted octanol–water partition coefficient (Wildman–Crippen LogP) is 3.27. The fourth-order valence-electron chi connectivity index (χ4n) is 5.03. The number of nitrogens with two attached hydrogens (primary N) is 1. The highest BCUT2D eigenvalue weighted by Crippen LogP contribution is 2.38. The molecule has 0 aliphatic carbocycles. The van der Waals surface area contributed by atoms with Crippen molar-refractivity contribution < 1.29 is 13.9 Å². The Morgan fingerprint density at radius 1 is 1.21 bits per heavy atom. The van der Waals surface area contributed by atoms with Gasteiger partial charge in [-0.15, -0.1) is 5.10 Å². The van der Waals surface area contributed by atoms with Crippen molar-refractivity contribution in [2.24, 2.45) is 5.73 Å². The Balaban J connectivity index is 1.60. The first-order valence-electron chi connectivity index (χ1n) is 12.5. The van der Waals surface area contributed by atoms with Gasteiger partial charge in [0.1, 0.15) is 23.2 Å². The molecule has 1 aliphatic rings. The smallest absolute Gasteiger partial charge is 0.181 e. The van der Waals surface area contributed by atoms with Crippen LogP contribution in [0.4, 0.5) is 14.6 Å². The molecule has 0 bridgehead atoms. The molecule has 1 atom stereocenters. The fraction of sp³-hybridized carbons (Fsp3) is 0.296. The number of aliphatic hydroxyl groups is 1. The van der Waals surface area contributed by atoms with Crippen molar-refractivity contribution in [2.45, 2.75) is 38.5 Å². The van der Waals surface area contributed by atoms with Gasteiger partial charge in [-0.1, -0.05) is 11.3 Å². The van der Waals surface area contributed by atoms with Crippen molar-refractivity contribution in [3.63, 3.8) is 0 Å². The number of fused-ring (bicyclic) bond motifs is 2. The number of nitrogens with zero attached hydrogens (tertiary/aromatic N) is 8. The summed E-state index contributed by atoms with van der Waals surface area (Å²) >= 11 is 0. The molecule has 198 valence electrons. The van der Waals surface area contributed by atoms with Crippen LogP contribution in [-0.2, 0) is 6.54 Å². The molecule has 1 fully saturated rings. The Bertz CT molecular complexity index is 1780. The zero-order chi connectivity index (χ0) is 27.5. The molecule has 0 spiro atoms. The second kappa shape index (κ2) is 9.07. The van der Waals surface area contributed by atoms with Crippen LogP contribution in [0.3, 0.4) is 0 Å². The number of hydrogen-bond donors (Lipinski definition) is 2. The average Bonchev–Trinajstić information content (AvgIpc) is 3.59. The summed E-state index contributed by atoms with van der Waals surface area (Å²) in [5, 5.41) is 27.7. The minimum absolute atomic E-state index is 0.0000536. The van der Waals surface area contributed by atoms with E-state index >= 15 is 4.39 Å². The molecular formula is C27H25F2N9O. The van der Waals surface area contributed by atoms with E-state index in [0.29, 0.717) is 52.5 Å². The van der Waals surface area contributed by atoms with Crippen molar-refractivity contribution in [3.05, 3.63) is 59.9 Å². The Morgan fingerprint density at radius 3 is 2.72 bits per heavy atom. The number of nitriles is 1. The van der Waals surface area contributed by atoms with Crippen molar-refractivity contribution in [1.29, 1.82) is 5.26 Å². The van der Waals surface area contributed by atoms with Gasteiger partial charge in [-0.05, 0) is 38.5 Å². The molecule has 0 amide bonds. The number of imidazole rings is 1. The molecule has 5 aromatic rings. The van der Waals surface area contributed by atoms with E-state index < -0.39 is 17.2 Å². The van der Waals surface area contributed by atoms with Crippen molar-refractivity contribution in [3.8, 4) is 28.6 Å². The molecule has 3 aromatic heterocycles. The third-order valence-corrected chi connectivity index (χ3v) is 6.81. The highest BCUT2D eigenvalue weighted by atomic mass is 19.1. The molecule has 0 unspecified atom stereocenters. The third kappa shape index (κ3) is 4.35. The zero-order valence-corrected chi connectivity index (χ0v) is 21.3. The van der Waals surface area contributed by atoms with Crippen LogP contribution in [0.5, 0.6) is 0 Å². The molecule has 6 rings (SSSR count). The largest absolute Gasteiger partial charge is 0.389 e. The minimum atomic E-state index is -1.08. The first-order chi connectivity index (χ1) is 18.6. The number of halogens is 2. The van der Waals surface area contributed by atoms with E-state index in [-0.39, 0.29) is 23.7 Å². The van der Waals surface area contributed by atoms with Gasteiger partial charge in [-0.2, -0.15) is 5.26 Å². The summed E-state index contributed by atoms with van der Waals surface area (Å²) in [4.78, 5) is 11.4. The third-order valence-electron chi connectivity index (χ3n) is 6.81. The fourth-order valence-corrected chi connectivity index (χ4v) is 5.03. The van der Waals surface area contributed by atoms with Gasteiger partial charge in [0.25, 0.3) is 0 Å². The van der Waals surface area contributed by atoms with Gasteiger partial charge < -0.3 is 15.7 Å². The van der Waals surface area contributed by atoms with Crippen LogP contribution in [0.15, 0.2) is 42.7 Å². The monoisotopic (exact) mass is 529 g/mol. The summed E-state index contributed by atoms with van der Waals surface area (Å²) < 4.78 is 33.8. The predicted molar refractivity (Wildman–Crippen MR) is 141 cm³/mol. The number of aromatic nitrogens is 6. The molecule has 1 saturated heterocycles. The molecule has 39 heavy (non-hydrogen) atoms. The zero-order valence-electron chi connectivity index (χ0n) is 21.3. The van der Waals surface area contributed by atoms with Gasteiger partial charge in [0.15, 0.2) is 11.5 Å². The summed E-state index contributed by atoms with van der Waals surface area (Å²) in [5.74, 6) is -0.683. The van der Waals surface area contributed by atoms with Gasteiger partial charge in [0.05, 0.1) is 34.6 Å². The maximum atomic E-state index is 15.9. The van der Waals surface area contributed by atoms with E-state index in [1.54, 1.807) is 42.8 Å². The molecular weight excluding hydrogens is 504 g/mol. The molecule has 1 aliphatic heterocycles. The Labute approximate surface area is 221 Å². The number of hydrogen-bond acceptors (Lipinski definition) is 8. The maximum absolute atomic E-state index is 15.9. The van der Waals surface area contributed by atoms with Crippen LogP contribution in [0.25, 0.3) is 39.2 Å². The normalized spacial score (nSPS) is 15.9. The van der Waals surface area contributed by atoms with E-state index in [9.17, 15) is 14.8 Å². The lowest BCUT2D eigenvalue weighted by atomic mass is 10.0. The summed E-state index contributed by atoms with van der Waals surface area (Å²) in [5.41, 5.74) is 7.51. The highest BCUT2D eigenvalue weighted by molar-refractivity contribution is 5.89. The lowest BCUT2D eigenvalue weighted by Gasteiger charge is -2.17. The molecule has 3 N–H and O–H groups in total. The standard InChI is InChI=1S/C27H25F2N9O/c1-27(2,39)14-38-22-11-20(29)18(10-21(22)34-35-38)24-23(15-3-4-16(12-30)19(28)9-15)33-26-25(32-6-8-37(24)26)36-7-5-17(31)13-36/h3-4,6,8-11,17,39H,5,7,13-14,31H2,1-2H3/t17-/m1/s1. The minimum Gasteiger partial charge on any atom is -0.389 e. The summed E-state index contributed by atoms with van der Waals surface area (Å²) in [6, 6.07) is 8.89. The first kappa shape index (κ1) is 24.8. The van der Waals surface area contributed by atoms with E-state index in [1.807, 2.05) is 11.0 Å². The van der Waals surface area contributed by atoms with Crippen molar-refractivity contribution in [2.75, 3.05) is 18.0 Å². The second-order valence-corrected chi connectivity index (χ2v) is 10.4. The van der Waals surface area contributed by atoms with E-state index in [2.05, 4.69) is 15.3 Å². The summed E-state index contributed by atoms with van der Waals surface area (Å²) in [7, 11) is 0. The summed E-state index contributed by atoms with van der Waals surface area (Å²) in [6.07, 6.45) is 4.08. The van der Waals surface area contributed by atoms with Gasteiger partial charge in [0, 0.05) is 48.7 Å². The van der Waals surface area contributed by atoms with Gasteiger partial charge >= 0.3 is 0 Å². The van der Waals surface area contributed by atoms with Crippen LogP contribution in [0.2, 0.25) is 0 Å². The highest BCUT2D eigenvalue weighted by Gasteiger charge is 2.27. The van der Waals surface area contributed by atoms with Crippen molar-refractivity contribution >= 4 is 22.5 Å². The Kier molecular flexibility index (Phi) is 5.78. The Hall–Kier alpha value is -4.47. The summed E-state index contributed by atoms with van der Waals surface area (Å²) in [6.45, 7) is 4.68. The topological polar surface area (TPSA) is 134 Å². The lowest BCUT2D eigenvalue weighted by Crippen LogP contribution is -2.27. The van der Waals surface area contributed by atoms with Crippen LogP contribution in [-0.4, -0.2) is 59.2 Å².